The molecule has 0 bridgehead atoms. The summed E-state index contributed by atoms with van der Waals surface area (Å²) in [5, 5.41) is 9.75. The van der Waals surface area contributed by atoms with Crippen LogP contribution in [0.4, 0.5) is 0 Å². The Kier molecular flexibility index (Phi) is 12.0. The quantitative estimate of drug-likeness (QED) is 0.311. The van der Waals surface area contributed by atoms with Crippen molar-refractivity contribution in [2.24, 2.45) is 5.92 Å². The molecule has 0 saturated carbocycles. The van der Waals surface area contributed by atoms with Gasteiger partial charge in [-0.05, 0) is 49.7 Å². The van der Waals surface area contributed by atoms with E-state index in [9.17, 15) is 24.0 Å². The Balaban J connectivity index is 1.66. The number of carbonyl (C=O) groups excluding carboxylic acids is 5. The van der Waals surface area contributed by atoms with Crippen LogP contribution < -0.4 is 20.8 Å². The van der Waals surface area contributed by atoms with E-state index in [2.05, 4.69) is 16.0 Å². The monoisotopic (exact) mass is 623 g/mol. The van der Waals surface area contributed by atoms with Crippen molar-refractivity contribution in [2.75, 3.05) is 13.7 Å². The van der Waals surface area contributed by atoms with Gasteiger partial charge in [0, 0.05) is 37.4 Å². The second-order valence-corrected chi connectivity index (χ2v) is 12.4. The van der Waals surface area contributed by atoms with Gasteiger partial charge in [0.2, 0.25) is 23.6 Å². The lowest BCUT2D eigenvalue weighted by molar-refractivity contribution is -0.147. The summed E-state index contributed by atoms with van der Waals surface area (Å²) in [6.07, 6.45) is 8.07. The molecule has 4 rings (SSSR count). The molecule has 1 aromatic carbocycles. The Labute approximate surface area is 265 Å². The second kappa shape index (κ2) is 15.9. The lowest BCUT2D eigenvalue weighted by Gasteiger charge is -2.39. The number of amides is 4. The van der Waals surface area contributed by atoms with E-state index < -0.39 is 36.0 Å². The number of para-hydroxylation sites is 1. The fraction of sp³-hybridized carbons (Fsp3) is 0.618. The van der Waals surface area contributed by atoms with E-state index in [4.69, 9.17) is 4.84 Å². The van der Waals surface area contributed by atoms with Crippen LogP contribution in [-0.4, -0.2) is 76.9 Å². The Morgan fingerprint density at radius 3 is 2.42 bits per heavy atom. The first-order chi connectivity index (χ1) is 21.7. The third kappa shape index (κ3) is 8.23. The van der Waals surface area contributed by atoms with Gasteiger partial charge in [-0.2, -0.15) is 4.73 Å². The number of hydrogen-bond acceptors (Lipinski definition) is 6. The van der Waals surface area contributed by atoms with Gasteiger partial charge in [0.1, 0.15) is 37.1 Å². The molecule has 11 nitrogen and oxygen atoms in total. The summed E-state index contributed by atoms with van der Waals surface area (Å²) in [6.45, 7) is 6.14. The van der Waals surface area contributed by atoms with E-state index in [1.165, 1.54) is 0 Å². The summed E-state index contributed by atoms with van der Waals surface area (Å²) < 4.78 is 1.62. The summed E-state index contributed by atoms with van der Waals surface area (Å²) in [7, 11) is 1.56. The molecule has 2 aromatic rings. The third-order valence-corrected chi connectivity index (χ3v) is 9.36. The molecular weight excluding hydrogens is 574 g/mol. The van der Waals surface area contributed by atoms with Crippen molar-refractivity contribution in [3.05, 3.63) is 36.0 Å². The number of aromatic nitrogens is 1. The van der Waals surface area contributed by atoms with Crippen LogP contribution in [0.1, 0.15) is 90.5 Å². The summed E-state index contributed by atoms with van der Waals surface area (Å²) in [5.41, 5.74) is 1.62. The van der Waals surface area contributed by atoms with Crippen LogP contribution >= 0.6 is 0 Å². The fourth-order valence-corrected chi connectivity index (χ4v) is 6.38. The van der Waals surface area contributed by atoms with Gasteiger partial charge >= 0.3 is 0 Å². The van der Waals surface area contributed by atoms with Gasteiger partial charge in [0.05, 0.1) is 5.52 Å². The third-order valence-electron chi connectivity index (χ3n) is 9.36. The number of fused-ring (bicyclic) bond motifs is 2. The van der Waals surface area contributed by atoms with Gasteiger partial charge in [-0.3, -0.25) is 24.0 Å². The van der Waals surface area contributed by atoms with Crippen molar-refractivity contribution in [2.45, 2.75) is 116 Å². The minimum Gasteiger partial charge on any atom is -0.417 e. The summed E-state index contributed by atoms with van der Waals surface area (Å²) >= 11 is 0. The Morgan fingerprint density at radius 1 is 0.956 bits per heavy atom. The molecule has 0 unspecified atom stereocenters. The molecule has 11 heteroatoms. The van der Waals surface area contributed by atoms with Crippen LogP contribution in [0, 0.1) is 5.92 Å². The highest BCUT2D eigenvalue weighted by molar-refractivity contribution is 5.98. The molecule has 3 N–H and O–H groups in total. The van der Waals surface area contributed by atoms with E-state index in [0.29, 0.717) is 51.5 Å². The summed E-state index contributed by atoms with van der Waals surface area (Å²) in [6, 6.07) is 4.20. The van der Waals surface area contributed by atoms with Crippen molar-refractivity contribution in [1.82, 2.24) is 25.6 Å². The maximum atomic E-state index is 14.0. The molecule has 2 fully saturated rings. The molecule has 246 valence electrons. The Bertz CT molecular complexity index is 1370. The van der Waals surface area contributed by atoms with Gasteiger partial charge in [0.25, 0.3) is 0 Å². The van der Waals surface area contributed by atoms with Crippen LogP contribution in [0.25, 0.3) is 10.9 Å². The van der Waals surface area contributed by atoms with Crippen LogP contribution in [0.15, 0.2) is 30.5 Å². The number of nitrogens with one attached hydrogen (secondary N) is 3. The normalized spacial score (nSPS) is 23.7. The second-order valence-electron chi connectivity index (χ2n) is 12.4. The van der Waals surface area contributed by atoms with Crippen molar-refractivity contribution in [3.63, 3.8) is 0 Å². The van der Waals surface area contributed by atoms with Crippen LogP contribution in [0.2, 0.25) is 0 Å². The van der Waals surface area contributed by atoms with Gasteiger partial charge < -0.3 is 25.7 Å². The van der Waals surface area contributed by atoms with Crippen molar-refractivity contribution < 1.29 is 28.8 Å². The van der Waals surface area contributed by atoms with Gasteiger partial charge in [-0.1, -0.05) is 58.2 Å². The summed E-state index contributed by atoms with van der Waals surface area (Å²) in [5.74, 6) is -1.50. The number of piperidine rings is 1. The van der Waals surface area contributed by atoms with E-state index in [1.807, 2.05) is 45.0 Å². The molecule has 0 spiro atoms. The molecule has 3 heterocycles. The van der Waals surface area contributed by atoms with E-state index in [1.54, 1.807) is 22.9 Å². The number of benzene rings is 1. The number of unbranched alkanes of at least 4 members (excludes halogenated alkanes) is 2. The first kappa shape index (κ1) is 34.0. The fourth-order valence-electron chi connectivity index (χ4n) is 6.38. The number of nitrogens with zero attached hydrogens (tertiary/aromatic N) is 2. The Morgan fingerprint density at radius 2 is 1.69 bits per heavy atom. The van der Waals surface area contributed by atoms with Crippen LogP contribution in [-0.2, 0) is 30.4 Å². The minimum absolute atomic E-state index is 0.155. The summed E-state index contributed by atoms with van der Waals surface area (Å²) in [4.78, 5) is 74.5. The minimum atomic E-state index is -1.01. The Hall–Kier alpha value is -3.89. The number of Topliss-reactive ketones (excluding diaryl/α,β-unsaturated/α-hetero) is 1. The molecule has 1 aromatic heterocycles. The number of ketones is 1. The predicted octanol–water partition coefficient (Wildman–Crippen LogP) is 3.07. The van der Waals surface area contributed by atoms with E-state index in [0.717, 1.165) is 35.7 Å². The highest BCUT2D eigenvalue weighted by atomic mass is 16.6. The van der Waals surface area contributed by atoms with E-state index >= 15 is 0 Å². The average molecular weight is 624 g/mol. The zero-order chi connectivity index (χ0) is 32.5. The molecule has 2 aliphatic heterocycles. The number of rotatable bonds is 12. The number of carbonyl (C=O) groups is 5. The highest BCUT2D eigenvalue weighted by Crippen LogP contribution is 2.24. The first-order valence-electron chi connectivity index (χ1n) is 16.5. The largest absolute Gasteiger partial charge is 0.417 e. The van der Waals surface area contributed by atoms with E-state index in [-0.39, 0.29) is 29.9 Å². The molecule has 5 atom stereocenters. The molecular formula is C34H49N5O6. The zero-order valence-electron chi connectivity index (χ0n) is 27.1. The molecule has 2 saturated heterocycles. The molecule has 0 aliphatic carbocycles. The van der Waals surface area contributed by atoms with Crippen molar-refractivity contribution in [1.29, 1.82) is 0 Å². The zero-order valence-corrected chi connectivity index (χ0v) is 27.1. The number of hydrogen-bond donors (Lipinski definition) is 3. The lowest BCUT2D eigenvalue weighted by Crippen LogP contribution is -2.64. The lowest BCUT2D eigenvalue weighted by atomic mass is 9.93. The average Bonchev–Trinajstić information content (AvgIpc) is 3.41. The topological polar surface area (TPSA) is 139 Å². The SMILES string of the molecule is CCC(=O)CCCCC[C@@H]1NC(=O)[C@H]2CCCCN2C(=O)[C@@H]([C@H](C)CC)NC(=O)[C@H](Cc2cn(OC)c3ccccc23)NC1=O. The maximum absolute atomic E-state index is 14.0. The first-order valence-corrected chi connectivity index (χ1v) is 16.5. The van der Waals surface area contributed by atoms with Gasteiger partial charge in [0.15, 0.2) is 0 Å². The van der Waals surface area contributed by atoms with Gasteiger partial charge in [-0.25, -0.2) is 0 Å². The van der Waals surface area contributed by atoms with Gasteiger partial charge in [-0.15, -0.1) is 0 Å². The smallest absolute Gasteiger partial charge is 0.246 e. The molecule has 2 aliphatic rings. The molecule has 4 amide bonds. The van der Waals surface area contributed by atoms with Crippen molar-refractivity contribution >= 4 is 40.3 Å². The van der Waals surface area contributed by atoms with Crippen molar-refractivity contribution in [3.8, 4) is 0 Å². The van der Waals surface area contributed by atoms with Crippen LogP contribution in [0.5, 0.6) is 0 Å². The van der Waals surface area contributed by atoms with Crippen LogP contribution in [0.3, 0.4) is 0 Å². The molecule has 45 heavy (non-hydrogen) atoms. The maximum Gasteiger partial charge on any atom is 0.246 e. The standard InChI is InChI=1S/C34H49N5O6/c1-5-22(3)30-34(44)38-19-13-12-18-29(38)33(43)35-26(16-9-7-8-14-24(40)6-2)31(41)36-27(32(42)37-30)20-23-21-39(45-4)28-17-11-10-15-25(23)28/h10-11,15,17,21-22,26-27,29-30H,5-9,12-14,16,18-20H2,1-4H3,(H,35,43)(H,36,41)(H,37,42)/t22-,26+,27+,29-,30-/m1/s1. The predicted molar refractivity (Wildman–Crippen MR) is 171 cm³/mol. The molecule has 0 radical (unpaired) electrons. The highest BCUT2D eigenvalue weighted by Gasteiger charge is 2.40.